The molecule has 1 aromatic rings. The molecule has 34 heavy (non-hydrogen) atoms. The minimum atomic E-state index is -0.680. The number of piperazine rings is 1. The largest absolute Gasteiger partial charge is 0.391 e. The zero-order valence-corrected chi connectivity index (χ0v) is 19.9. The fraction of sp³-hybridized carbons (Fsp3) is 0.609. The molecule has 3 fully saturated rings. The lowest BCUT2D eigenvalue weighted by molar-refractivity contribution is -0.140. The van der Waals surface area contributed by atoms with Crippen molar-refractivity contribution < 1.29 is 29.0 Å². The summed E-state index contributed by atoms with van der Waals surface area (Å²) in [5, 5.41) is 13.0. The Bertz CT molecular complexity index is 959. The van der Waals surface area contributed by atoms with Gasteiger partial charge in [0.25, 0.3) is 0 Å². The van der Waals surface area contributed by atoms with Gasteiger partial charge >= 0.3 is 6.03 Å². The summed E-state index contributed by atoms with van der Waals surface area (Å²) in [7, 11) is 0. The summed E-state index contributed by atoms with van der Waals surface area (Å²) in [6, 6.07) is 3.00. The Morgan fingerprint density at radius 1 is 1.26 bits per heavy atom. The van der Waals surface area contributed by atoms with E-state index in [4.69, 9.17) is 11.6 Å². The lowest BCUT2D eigenvalue weighted by atomic mass is 9.90. The topological polar surface area (TPSA) is 102 Å². The van der Waals surface area contributed by atoms with Crippen LogP contribution in [-0.4, -0.2) is 82.5 Å². The number of β-amino-alcohol motifs (C(OH)–C–C–N with tert-alkyl or cyclic N) is 1. The zero-order valence-electron chi connectivity index (χ0n) is 19.1. The monoisotopic (exact) mass is 496 g/mol. The Labute approximate surface area is 202 Å². The summed E-state index contributed by atoms with van der Waals surface area (Å²) < 4.78 is 12.5. The van der Waals surface area contributed by atoms with Crippen molar-refractivity contribution in [2.24, 2.45) is 5.41 Å². The number of urea groups is 1. The second kappa shape index (κ2) is 9.95. The van der Waals surface area contributed by atoms with Crippen molar-refractivity contribution in [1.82, 2.24) is 14.7 Å². The smallest absolute Gasteiger partial charge is 0.322 e. The molecule has 2 saturated heterocycles. The molecule has 2 heterocycles. The van der Waals surface area contributed by atoms with Gasteiger partial charge in [0.05, 0.1) is 11.1 Å². The van der Waals surface area contributed by atoms with Crippen molar-refractivity contribution in [3.05, 3.63) is 23.2 Å². The van der Waals surface area contributed by atoms with Gasteiger partial charge in [-0.3, -0.25) is 14.5 Å². The third-order valence-electron chi connectivity index (χ3n) is 7.32. The first-order chi connectivity index (χ1) is 16.2. The highest BCUT2D eigenvalue weighted by Gasteiger charge is 2.51. The van der Waals surface area contributed by atoms with Crippen LogP contribution in [0.4, 0.5) is 15.0 Å². The molecule has 1 saturated carbocycles. The zero-order chi connectivity index (χ0) is 24.5. The number of nitrogens with zero attached hydrogens (tertiary/aromatic N) is 3. The number of carbonyl (C=O) groups excluding carboxylic acids is 3. The third kappa shape index (κ3) is 5.07. The first-order valence-electron chi connectivity index (χ1n) is 11.6. The highest BCUT2D eigenvalue weighted by Crippen LogP contribution is 2.53. The van der Waals surface area contributed by atoms with E-state index in [9.17, 15) is 24.0 Å². The second-order valence-electron chi connectivity index (χ2n) is 9.42. The Morgan fingerprint density at radius 3 is 2.71 bits per heavy atom. The van der Waals surface area contributed by atoms with E-state index in [1.54, 1.807) is 16.7 Å². The summed E-state index contributed by atoms with van der Waals surface area (Å²) in [4.78, 5) is 46.6. The third-order valence-corrected chi connectivity index (χ3v) is 7.63. The lowest BCUT2D eigenvalue weighted by Gasteiger charge is -2.39. The van der Waals surface area contributed by atoms with Gasteiger partial charge < -0.3 is 25.1 Å². The number of benzene rings is 1. The first-order valence-corrected chi connectivity index (χ1v) is 12.0. The number of halogens is 2. The number of aliphatic hydroxyl groups is 1. The highest BCUT2D eigenvalue weighted by molar-refractivity contribution is 6.32. The molecule has 2 aliphatic heterocycles. The van der Waals surface area contributed by atoms with E-state index in [1.165, 1.54) is 23.1 Å². The molecule has 1 spiro atoms. The average molecular weight is 497 g/mol. The molecule has 0 radical (unpaired) electrons. The first kappa shape index (κ1) is 24.5. The molecular formula is C23H30ClFN4O5. The summed E-state index contributed by atoms with van der Waals surface area (Å²) in [5.41, 5.74) is 0.348. The molecule has 0 unspecified atom stereocenters. The van der Waals surface area contributed by atoms with Crippen molar-refractivity contribution in [2.45, 2.75) is 51.2 Å². The van der Waals surface area contributed by atoms with Crippen LogP contribution in [-0.2, 0) is 9.59 Å². The number of aliphatic hydroxyl groups excluding tert-OH is 1. The van der Waals surface area contributed by atoms with Crippen LogP contribution in [0.25, 0.3) is 0 Å². The van der Waals surface area contributed by atoms with E-state index in [2.05, 4.69) is 10.3 Å². The van der Waals surface area contributed by atoms with E-state index < -0.39 is 18.2 Å². The number of nitrogens with one attached hydrogen (secondary N) is 1. The van der Waals surface area contributed by atoms with Gasteiger partial charge in [-0.05, 0) is 50.2 Å². The predicted octanol–water partition coefficient (Wildman–Crippen LogP) is 2.82. The van der Waals surface area contributed by atoms with Gasteiger partial charge in [0.2, 0.25) is 11.8 Å². The Kier molecular flexibility index (Phi) is 7.18. The van der Waals surface area contributed by atoms with E-state index >= 15 is 0 Å². The van der Waals surface area contributed by atoms with Crippen molar-refractivity contribution >= 4 is 35.1 Å². The van der Waals surface area contributed by atoms with Gasteiger partial charge in [0.1, 0.15) is 6.04 Å². The molecule has 9 nitrogen and oxygen atoms in total. The fourth-order valence-electron chi connectivity index (χ4n) is 4.83. The molecule has 11 heteroatoms. The highest BCUT2D eigenvalue weighted by atomic mass is 35.5. The number of carbonyl (C=O) groups is 3. The van der Waals surface area contributed by atoms with E-state index in [0.717, 1.165) is 19.3 Å². The quantitative estimate of drug-likeness (QED) is 0.630. The van der Waals surface area contributed by atoms with Crippen LogP contribution in [0.3, 0.4) is 0 Å². The van der Waals surface area contributed by atoms with Gasteiger partial charge in [-0.2, -0.15) is 0 Å². The van der Waals surface area contributed by atoms with Crippen molar-refractivity contribution in [2.75, 3.05) is 38.0 Å². The molecule has 0 aromatic heterocycles. The molecule has 1 aliphatic carbocycles. The van der Waals surface area contributed by atoms with Gasteiger partial charge in [-0.1, -0.05) is 11.6 Å². The number of amides is 4. The fourth-order valence-corrected chi connectivity index (χ4v) is 4.98. The average Bonchev–Trinajstić information content (AvgIpc) is 3.60. The van der Waals surface area contributed by atoms with Crippen LogP contribution in [0.1, 0.15) is 39.0 Å². The van der Waals surface area contributed by atoms with Crippen molar-refractivity contribution in [3.8, 4) is 5.75 Å². The van der Waals surface area contributed by atoms with Crippen LogP contribution in [0, 0.1) is 5.41 Å². The summed E-state index contributed by atoms with van der Waals surface area (Å²) in [6.45, 7) is 3.85. The SMILES string of the molecule is C[C@H]1C(=O)N(CCCC(=O)N2CCC3(CC3)[C@H](O)C2)CCN1C(=O)Nc1ccc(Cl)c(OF)c1. The summed E-state index contributed by atoms with van der Waals surface area (Å²) >= 11 is 5.79. The van der Waals surface area contributed by atoms with E-state index in [-0.39, 0.29) is 33.7 Å². The van der Waals surface area contributed by atoms with Crippen LogP contribution in [0.15, 0.2) is 18.2 Å². The van der Waals surface area contributed by atoms with Crippen LogP contribution in [0.2, 0.25) is 5.02 Å². The number of hydrogen-bond donors (Lipinski definition) is 2. The van der Waals surface area contributed by atoms with Crippen LogP contribution < -0.4 is 10.3 Å². The minimum absolute atomic E-state index is 0.00709. The predicted molar refractivity (Wildman–Crippen MR) is 123 cm³/mol. The number of likely N-dealkylation sites (tertiary alicyclic amines) is 1. The second-order valence-corrected chi connectivity index (χ2v) is 9.83. The molecule has 2 atom stereocenters. The number of hydrogen-bond acceptors (Lipinski definition) is 5. The van der Waals surface area contributed by atoms with Crippen molar-refractivity contribution in [1.29, 1.82) is 0 Å². The lowest BCUT2D eigenvalue weighted by Crippen LogP contribution is -2.58. The summed E-state index contributed by atoms with van der Waals surface area (Å²) in [6.07, 6.45) is 3.37. The molecule has 3 aliphatic rings. The molecule has 2 N–H and O–H groups in total. The maximum Gasteiger partial charge on any atom is 0.322 e. The van der Waals surface area contributed by atoms with Gasteiger partial charge in [-0.25, -0.2) is 4.79 Å². The Morgan fingerprint density at radius 2 is 2.03 bits per heavy atom. The number of piperidine rings is 1. The van der Waals surface area contributed by atoms with E-state index in [1.807, 2.05) is 0 Å². The van der Waals surface area contributed by atoms with E-state index in [0.29, 0.717) is 45.6 Å². The Balaban J connectivity index is 1.23. The molecule has 4 rings (SSSR count). The number of anilines is 1. The summed E-state index contributed by atoms with van der Waals surface area (Å²) in [5.74, 6) is -0.400. The normalized spacial score (nSPS) is 23.8. The maximum absolute atomic E-state index is 12.8. The van der Waals surface area contributed by atoms with Crippen molar-refractivity contribution in [3.63, 3.8) is 0 Å². The van der Waals surface area contributed by atoms with Gasteiger partial charge in [0.15, 0.2) is 5.75 Å². The standard InChI is InChI=1S/C23H30ClFN4O5/c1-15-21(32)27(9-2-3-20(31)28-10-8-23(6-7-23)19(30)14-28)11-12-29(15)22(33)26-16-4-5-17(24)18(13-16)34-25/h4-5,13,15,19,30H,2-3,6-12,14H2,1H3,(H,26,33)/t15-,19+/m0/s1. The minimum Gasteiger partial charge on any atom is -0.391 e. The Hall–Kier alpha value is -2.59. The molecule has 186 valence electrons. The van der Waals surface area contributed by atoms with Gasteiger partial charge in [0, 0.05) is 55.4 Å². The van der Waals surface area contributed by atoms with Gasteiger partial charge in [-0.15, -0.1) is 0 Å². The maximum atomic E-state index is 12.8. The molecule has 4 amide bonds. The molecule has 0 bridgehead atoms. The molecule has 1 aromatic carbocycles. The van der Waals surface area contributed by atoms with Crippen LogP contribution in [0.5, 0.6) is 5.75 Å². The van der Waals surface area contributed by atoms with Crippen LogP contribution >= 0.6 is 11.6 Å². The number of rotatable bonds is 6. The molecular weight excluding hydrogens is 467 g/mol.